The number of amides is 1. The first kappa shape index (κ1) is 20.5. The van der Waals surface area contributed by atoms with Crippen LogP contribution in [0.25, 0.3) is 10.9 Å². The van der Waals surface area contributed by atoms with Gasteiger partial charge in [-0.2, -0.15) is 0 Å². The van der Waals surface area contributed by atoms with Gasteiger partial charge in [0, 0.05) is 25.2 Å². The van der Waals surface area contributed by atoms with Crippen molar-refractivity contribution in [2.45, 2.75) is 58.9 Å². The van der Waals surface area contributed by atoms with Gasteiger partial charge in [-0.3, -0.25) is 19.1 Å². The van der Waals surface area contributed by atoms with Crippen molar-refractivity contribution >= 4 is 16.8 Å². The Labute approximate surface area is 165 Å². The lowest BCUT2D eigenvalue weighted by Crippen LogP contribution is -2.58. The normalized spacial score (nSPS) is 21.0. The van der Waals surface area contributed by atoms with E-state index in [-0.39, 0.29) is 35.8 Å². The minimum absolute atomic E-state index is 0.0332. The fourth-order valence-electron chi connectivity index (χ4n) is 3.76. The molecule has 7 heteroatoms. The number of ether oxygens (including phenoxy) is 1. The number of para-hydroxylation sites is 1. The molecule has 0 radical (unpaired) electrons. The maximum Gasteiger partial charge on any atom is 0.261 e. The van der Waals surface area contributed by atoms with Crippen molar-refractivity contribution in [3.05, 3.63) is 40.4 Å². The number of nitrogens with one attached hydrogen (secondary N) is 1. The summed E-state index contributed by atoms with van der Waals surface area (Å²) in [6.07, 6.45) is 0.340. The first-order valence-electron chi connectivity index (χ1n) is 9.81. The predicted molar refractivity (Wildman–Crippen MR) is 109 cm³/mol. The number of hydrogen-bond acceptors (Lipinski definition) is 5. The largest absolute Gasteiger partial charge is 0.373 e. The van der Waals surface area contributed by atoms with E-state index in [1.54, 1.807) is 25.1 Å². The topological polar surface area (TPSA) is 76.5 Å². The van der Waals surface area contributed by atoms with Crippen molar-refractivity contribution in [3.63, 3.8) is 0 Å². The molecule has 1 aromatic heterocycles. The Kier molecular flexibility index (Phi) is 5.86. The van der Waals surface area contributed by atoms with E-state index in [0.29, 0.717) is 23.3 Å². The van der Waals surface area contributed by atoms with Gasteiger partial charge in [0.05, 0.1) is 23.1 Å². The van der Waals surface area contributed by atoms with E-state index in [4.69, 9.17) is 4.74 Å². The summed E-state index contributed by atoms with van der Waals surface area (Å²) in [5, 5.41) is 3.52. The first-order chi connectivity index (χ1) is 13.2. The van der Waals surface area contributed by atoms with Crippen LogP contribution in [0.2, 0.25) is 0 Å². The average Bonchev–Trinajstić information content (AvgIpc) is 2.63. The Morgan fingerprint density at radius 2 is 1.89 bits per heavy atom. The molecule has 1 saturated heterocycles. The van der Waals surface area contributed by atoms with Crippen molar-refractivity contribution in [3.8, 4) is 0 Å². The van der Waals surface area contributed by atoms with Gasteiger partial charge in [0.1, 0.15) is 12.4 Å². The van der Waals surface area contributed by atoms with Gasteiger partial charge in [-0.05, 0) is 46.8 Å². The van der Waals surface area contributed by atoms with Gasteiger partial charge in [-0.15, -0.1) is 0 Å². The van der Waals surface area contributed by atoms with Gasteiger partial charge in [-0.25, -0.2) is 4.98 Å². The molecular formula is C21H30N4O3. The van der Waals surface area contributed by atoms with Gasteiger partial charge < -0.3 is 10.1 Å². The standard InChI is InChI=1S/C21H30N4O3/c1-14-10-24(11-15(2)28-14)21(4,5)13-22-19(26)12-25-16(3)23-18-9-7-6-8-17(18)20(25)27/h6-9,14-15H,10-13H2,1-5H3,(H,22,26)/t14-,15-/m1/s1. The second kappa shape index (κ2) is 8.01. The van der Waals surface area contributed by atoms with Gasteiger partial charge in [-0.1, -0.05) is 12.1 Å². The number of aryl methyl sites for hydroxylation is 1. The quantitative estimate of drug-likeness (QED) is 0.847. The number of benzene rings is 1. The third-order valence-corrected chi connectivity index (χ3v) is 5.35. The van der Waals surface area contributed by atoms with Crippen molar-refractivity contribution < 1.29 is 9.53 Å². The summed E-state index contributed by atoms with van der Waals surface area (Å²) in [5.41, 5.74) is 0.260. The molecule has 2 aromatic rings. The number of hydrogen-bond donors (Lipinski definition) is 1. The molecule has 1 fully saturated rings. The molecule has 0 spiro atoms. The minimum Gasteiger partial charge on any atom is -0.373 e. The molecule has 0 saturated carbocycles. The summed E-state index contributed by atoms with van der Waals surface area (Å²) >= 11 is 0. The number of morpholine rings is 1. The summed E-state index contributed by atoms with van der Waals surface area (Å²) in [6.45, 7) is 12.3. The molecule has 1 aliphatic heterocycles. The summed E-state index contributed by atoms with van der Waals surface area (Å²) < 4.78 is 7.24. The molecule has 1 N–H and O–H groups in total. The van der Waals surface area contributed by atoms with Crippen LogP contribution in [0.1, 0.15) is 33.5 Å². The van der Waals surface area contributed by atoms with Crippen LogP contribution in [-0.2, 0) is 16.1 Å². The fourth-order valence-corrected chi connectivity index (χ4v) is 3.76. The zero-order chi connectivity index (χ0) is 20.5. The van der Waals surface area contributed by atoms with Crippen molar-refractivity contribution in [1.29, 1.82) is 0 Å². The smallest absolute Gasteiger partial charge is 0.261 e. The second-order valence-electron chi connectivity index (χ2n) is 8.32. The lowest BCUT2D eigenvalue weighted by atomic mass is 10.00. The number of nitrogens with zero attached hydrogens (tertiary/aromatic N) is 3. The van der Waals surface area contributed by atoms with E-state index in [0.717, 1.165) is 13.1 Å². The minimum atomic E-state index is -0.205. The molecule has 0 aliphatic carbocycles. The second-order valence-corrected chi connectivity index (χ2v) is 8.32. The third kappa shape index (κ3) is 4.42. The van der Waals surface area contributed by atoms with E-state index in [1.165, 1.54) is 4.57 Å². The van der Waals surface area contributed by atoms with Crippen molar-refractivity contribution in [2.75, 3.05) is 19.6 Å². The van der Waals surface area contributed by atoms with Crippen LogP contribution >= 0.6 is 0 Å². The Morgan fingerprint density at radius 3 is 2.57 bits per heavy atom. The highest BCUT2D eigenvalue weighted by atomic mass is 16.5. The van der Waals surface area contributed by atoms with Gasteiger partial charge in [0.2, 0.25) is 5.91 Å². The van der Waals surface area contributed by atoms with Crippen LogP contribution in [0.4, 0.5) is 0 Å². The third-order valence-electron chi connectivity index (χ3n) is 5.35. The molecular weight excluding hydrogens is 356 g/mol. The molecule has 0 unspecified atom stereocenters. The van der Waals surface area contributed by atoms with Crippen LogP contribution in [0, 0.1) is 6.92 Å². The van der Waals surface area contributed by atoms with Crippen LogP contribution in [0.15, 0.2) is 29.1 Å². The molecule has 28 heavy (non-hydrogen) atoms. The zero-order valence-corrected chi connectivity index (χ0v) is 17.4. The molecule has 1 aliphatic rings. The predicted octanol–water partition coefficient (Wildman–Crippen LogP) is 1.71. The lowest BCUT2D eigenvalue weighted by Gasteiger charge is -2.45. The molecule has 7 nitrogen and oxygen atoms in total. The number of aromatic nitrogens is 2. The summed E-state index contributed by atoms with van der Waals surface area (Å²) in [6, 6.07) is 7.20. The van der Waals surface area contributed by atoms with Crippen LogP contribution in [0.3, 0.4) is 0 Å². The highest BCUT2D eigenvalue weighted by molar-refractivity contribution is 5.79. The maximum absolute atomic E-state index is 12.7. The van der Waals surface area contributed by atoms with Crippen molar-refractivity contribution in [1.82, 2.24) is 19.8 Å². The van der Waals surface area contributed by atoms with Crippen molar-refractivity contribution in [2.24, 2.45) is 0 Å². The summed E-state index contributed by atoms with van der Waals surface area (Å²) in [4.78, 5) is 32.1. The number of fused-ring (bicyclic) bond motifs is 1. The van der Waals surface area contributed by atoms with Gasteiger partial charge in [0.25, 0.3) is 5.56 Å². The monoisotopic (exact) mass is 386 g/mol. The van der Waals surface area contributed by atoms with Gasteiger partial charge in [0.15, 0.2) is 0 Å². The first-order valence-corrected chi connectivity index (χ1v) is 9.81. The maximum atomic E-state index is 12.7. The highest BCUT2D eigenvalue weighted by Gasteiger charge is 2.33. The average molecular weight is 386 g/mol. The summed E-state index contributed by atoms with van der Waals surface area (Å²) in [5.74, 6) is 0.346. The SMILES string of the molecule is Cc1nc2ccccc2c(=O)n1CC(=O)NCC(C)(C)N1C[C@@H](C)O[C@H](C)C1. The van der Waals surface area contributed by atoms with Crippen LogP contribution < -0.4 is 10.9 Å². The van der Waals surface area contributed by atoms with E-state index in [1.807, 2.05) is 6.07 Å². The zero-order valence-electron chi connectivity index (χ0n) is 17.4. The Bertz CT molecular complexity index is 911. The Hall–Kier alpha value is -2.25. The van der Waals surface area contributed by atoms with E-state index in [9.17, 15) is 9.59 Å². The molecule has 152 valence electrons. The molecule has 2 heterocycles. The van der Waals surface area contributed by atoms with Crippen LogP contribution in [0.5, 0.6) is 0 Å². The molecule has 1 amide bonds. The van der Waals surface area contributed by atoms with E-state index >= 15 is 0 Å². The molecule has 0 bridgehead atoms. The van der Waals surface area contributed by atoms with E-state index in [2.05, 4.69) is 42.9 Å². The number of rotatable bonds is 5. The Balaban J connectivity index is 1.67. The lowest BCUT2D eigenvalue weighted by molar-refractivity contribution is -0.123. The van der Waals surface area contributed by atoms with E-state index < -0.39 is 0 Å². The van der Waals surface area contributed by atoms with Crippen LogP contribution in [-0.4, -0.2) is 57.7 Å². The Morgan fingerprint density at radius 1 is 1.25 bits per heavy atom. The van der Waals surface area contributed by atoms with Gasteiger partial charge >= 0.3 is 0 Å². The summed E-state index contributed by atoms with van der Waals surface area (Å²) in [7, 11) is 0. The number of carbonyl (C=O) groups is 1. The molecule has 3 rings (SSSR count). The molecule has 1 aromatic carbocycles. The number of carbonyl (C=O) groups excluding carboxylic acids is 1. The fraction of sp³-hybridized carbons (Fsp3) is 0.571. The molecule has 2 atom stereocenters. The highest BCUT2D eigenvalue weighted by Crippen LogP contribution is 2.20.